The van der Waals surface area contributed by atoms with Crippen molar-refractivity contribution in [3.05, 3.63) is 65.7 Å². The van der Waals surface area contributed by atoms with E-state index in [-0.39, 0.29) is 17.6 Å². The lowest BCUT2D eigenvalue weighted by atomic mass is 10.1. The fourth-order valence-electron chi connectivity index (χ4n) is 2.42. The number of rotatable bonds is 4. The first-order valence-corrected chi connectivity index (χ1v) is 7.75. The predicted octanol–water partition coefficient (Wildman–Crippen LogP) is 2.54. The van der Waals surface area contributed by atoms with Crippen molar-refractivity contribution in [1.29, 1.82) is 0 Å². The molecule has 1 atom stereocenters. The number of pyridine rings is 1. The van der Waals surface area contributed by atoms with Gasteiger partial charge in [-0.05, 0) is 55.8 Å². The van der Waals surface area contributed by atoms with Crippen molar-refractivity contribution in [3.8, 4) is 0 Å². The number of hydrogen-bond donors (Lipinski definition) is 2. The van der Waals surface area contributed by atoms with Crippen molar-refractivity contribution in [1.82, 2.24) is 14.9 Å². The summed E-state index contributed by atoms with van der Waals surface area (Å²) in [6.45, 7) is 3.28. The summed E-state index contributed by atoms with van der Waals surface area (Å²) >= 11 is 0. The average molecular weight is 340 g/mol. The molecular formula is C18H17FN4O2. The van der Waals surface area contributed by atoms with E-state index in [2.05, 4.69) is 15.7 Å². The van der Waals surface area contributed by atoms with Gasteiger partial charge >= 0.3 is 0 Å². The molecule has 2 heterocycles. The zero-order chi connectivity index (χ0) is 18.0. The van der Waals surface area contributed by atoms with Crippen LogP contribution in [0.2, 0.25) is 0 Å². The number of fused-ring (bicyclic) bond motifs is 1. The molecule has 7 heteroatoms. The van der Waals surface area contributed by atoms with Crippen molar-refractivity contribution < 1.29 is 14.0 Å². The molecule has 128 valence electrons. The Hall–Kier alpha value is -3.22. The van der Waals surface area contributed by atoms with E-state index in [1.165, 1.54) is 18.2 Å². The van der Waals surface area contributed by atoms with E-state index in [9.17, 15) is 14.0 Å². The number of nitrogens with zero attached hydrogens (tertiary/aromatic N) is 2. The Balaban J connectivity index is 1.66. The van der Waals surface area contributed by atoms with Crippen LogP contribution in [-0.4, -0.2) is 27.5 Å². The normalized spacial score (nSPS) is 12.0. The number of amides is 2. The first-order valence-electron chi connectivity index (χ1n) is 7.75. The fourth-order valence-corrected chi connectivity index (χ4v) is 2.42. The summed E-state index contributed by atoms with van der Waals surface area (Å²) in [6, 6.07) is 8.44. The number of hydrogen-bond acceptors (Lipinski definition) is 3. The molecule has 2 amide bonds. The smallest absolute Gasteiger partial charge is 0.252 e. The Morgan fingerprint density at radius 2 is 2.00 bits per heavy atom. The molecule has 25 heavy (non-hydrogen) atoms. The van der Waals surface area contributed by atoms with E-state index in [4.69, 9.17) is 0 Å². The van der Waals surface area contributed by atoms with E-state index in [1.54, 1.807) is 49.0 Å². The van der Waals surface area contributed by atoms with Gasteiger partial charge in [0, 0.05) is 23.6 Å². The quantitative estimate of drug-likeness (QED) is 0.766. The van der Waals surface area contributed by atoms with Gasteiger partial charge in [0.15, 0.2) is 0 Å². The Morgan fingerprint density at radius 1 is 1.20 bits per heavy atom. The van der Waals surface area contributed by atoms with Gasteiger partial charge in [-0.2, -0.15) is 5.10 Å². The minimum Gasteiger partial charge on any atom is -0.341 e. The van der Waals surface area contributed by atoms with E-state index >= 15 is 0 Å². The molecule has 0 saturated heterocycles. The number of anilines is 1. The SMILES string of the molecule is Cc1cc(F)ccc1NC(=O)C(C)NC(=O)c1ccn2nccc2c1. The second-order valence-electron chi connectivity index (χ2n) is 5.76. The van der Waals surface area contributed by atoms with Crippen LogP contribution in [0.3, 0.4) is 0 Å². The minimum atomic E-state index is -0.752. The molecule has 1 unspecified atom stereocenters. The highest BCUT2D eigenvalue weighted by molar-refractivity contribution is 6.01. The van der Waals surface area contributed by atoms with Crippen molar-refractivity contribution in [2.45, 2.75) is 19.9 Å². The van der Waals surface area contributed by atoms with Crippen molar-refractivity contribution in [2.75, 3.05) is 5.32 Å². The number of benzene rings is 1. The number of aromatic nitrogens is 2. The highest BCUT2D eigenvalue weighted by Gasteiger charge is 2.17. The molecule has 2 aromatic heterocycles. The molecule has 3 rings (SSSR count). The maximum atomic E-state index is 13.1. The summed E-state index contributed by atoms with van der Waals surface area (Å²) in [7, 11) is 0. The monoisotopic (exact) mass is 340 g/mol. The van der Waals surface area contributed by atoms with Crippen molar-refractivity contribution >= 4 is 23.0 Å². The first kappa shape index (κ1) is 16.6. The van der Waals surface area contributed by atoms with Crippen LogP contribution in [0.25, 0.3) is 5.52 Å². The van der Waals surface area contributed by atoms with Crippen LogP contribution in [0.5, 0.6) is 0 Å². The van der Waals surface area contributed by atoms with Gasteiger partial charge in [0.1, 0.15) is 11.9 Å². The van der Waals surface area contributed by atoms with E-state index in [1.807, 2.05) is 0 Å². The zero-order valence-corrected chi connectivity index (χ0v) is 13.8. The van der Waals surface area contributed by atoms with Crippen LogP contribution in [0, 0.1) is 12.7 Å². The lowest BCUT2D eigenvalue weighted by molar-refractivity contribution is -0.117. The van der Waals surface area contributed by atoms with Crippen molar-refractivity contribution in [3.63, 3.8) is 0 Å². The molecule has 1 aromatic carbocycles. The van der Waals surface area contributed by atoms with Gasteiger partial charge in [0.25, 0.3) is 5.91 Å². The van der Waals surface area contributed by atoms with Crippen LogP contribution < -0.4 is 10.6 Å². The average Bonchev–Trinajstić information content (AvgIpc) is 3.04. The molecule has 2 N–H and O–H groups in total. The summed E-state index contributed by atoms with van der Waals surface area (Å²) in [5, 5.41) is 9.40. The van der Waals surface area contributed by atoms with Gasteiger partial charge in [0.05, 0.1) is 5.52 Å². The highest BCUT2D eigenvalue weighted by Crippen LogP contribution is 2.16. The maximum Gasteiger partial charge on any atom is 0.252 e. The van der Waals surface area contributed by atoms with Gasteiger partial charge in [-0.3, -0.25) is 9.59 Å². The molecule has 0 aliphatic heterocycles. The van der Waals surface area contributed by atoms with E-state index in [0.717, 1.165) is 5.52 Å². The molecule has 0 spiro atoms. The largest absolute Gasteiger partial charge is 0.341 e. The second-order valence-corrected chi connectivity index (χ2v) is 5.76. The third-order valence-electron chi connectivity index (χ3n) is 3.85. The summed E-state index contributed by atoms with van der Waals surface area (Å²) in [6.07, 6.45) is 3.31. The van der Waals surface area contributed by atoms with Crippen LogP contribution in [0.15, 0.2) is 48.8 Å². The third kappa shape index (κ3) is 3.65. The first-order chi connectivity index (χ1) is 11.9. The minimum absolute atomic E-state index is 0.359. The molecule has 0 bridgehead atoms. The van der Waals surface area contributed by atoms with Gasteiger partial charge in [-0.25, -0.2) is 8.91 Å². The standard InChI is InChI=1S/C18H17FN4O2/c1-11-9-14(19)3-4-16(11)22-17(24)12(2)21-18(25)13-6-8-23-15(10-13)5-7-20-23/h3-10,12H,1-2H3,(H,21,25)(H,22,24). The van der Waals surface area contributed by atoms with Crippen LogP contribution in [0.1, 0.15) is 22.8 Å². The van der Waals surface area contributed by atoms with Crippen LogP contribution >= 0.6 is 0 Å². The van der Waals surface area contributed by atoms with Gasteiger partial charge < -0.3 is 10.6 Å². The van der Waals surface area contributed by atoms with Crippen LogP contribution in [0.4, 0.5) is 10.1 Å². The molecule has 0 fully saturated rings. The maximum absolute atomic E-state index is 13.1. The predicted molar refractivity (Wildman–Crippen MR) is 91.9 cm³/mol. The van der Waals surface area contributed by atoms with Gasteiger partial charge in [0.2, 0.25) is 5.91 Å². The van der Waals surface area contributed by atoms with Gasteiger partial charge in [-0.15, -0.1) is 0 Å². The molecule has 0 aliphatic rings. The Morgan fingerprint density at radius 3 is 2.76 bits per heavy atom. The number of halogens is 1. The number of carbonyl (C=O) groups excluding carboxylic acids is 2. The molecule has 0 radical (unpaired) electrons. The highest BCUT2D eigenvalue weighted by atomic mass is 19.1. The summed E-state index contributed by atoms with van der Waals surface area (Å²) in [5.41, 5.74) is 2.34. The molecule has 0 saturated carbocycles. The summed E-state index contributed by atoms with van der Waals surface area (Å²) < 4.78 is 14.8. The van der Waals surface area contributed by atoms with E-state index < -0.39 is 6.04 Å². The number of aryl methyl sites for hydroxylation is 1. The Kier molecular flexibility index (Phi) is 4.47. The lowest BCUT2D eigenvalue weighted by Crippen LogP contribution is -2.41. The summed E-state index contributed by atoms with van der Waals surface area (Å²) in [4.78, 5) is 24.6. The number of carbonyl (C=O) groups is 2. The fraction of sp³-hybridized carbons (Fsp3) is 0.167. The Labute approximate surface area is 143 Å². The lowest BCUT2D eigenvalue weighted by Gasteiger charge is -2.15. The third-order valence-corrected chi connectivity index (χ3v) is 3.85. The molecular weight excluding hydrogens is 323 g/mol. The molecule has 3 aromatic rings. The topological polar surface area (TPSA) is 75.5 Å². The second kappa shape index (κ2) is 6.72. The molecule has 6 nitrogen and oxygen atoms in total. The van der Waals surface area contributed by atoms with Crippen molar-refractivity contribution in [2.24, 2.45) is 0 Å². The Bertz CT molecular complexity index is 951. The summed E-state index contributed by atoms with van der Waals surface area (Å²) in [5.74, 6) is -1.11. The van der Waals surface area contributed by atoms with E-state index in [0.29, 0.717) is 16.8 Å². The van der Waals surface area contributed by atoms with Gasteiger partial charge in [-0.1, -0.05) is 0 Å². The zero-order valence-electron chi connectivity index (χ0n) is 13.8. The van der Waals surface area contributed by atoms with Crippen LogP contribution in [-0.2, 0) is 4.79 Å². The molecule has 0 aliphatic carbocycles. The number of nitrogens with one attached hydrogen (secondary N) is 2.